The zero-order chi connectivity index (χ0) is 12.9. The third-order valence-electron chi connectivity index (χ3n) is 1.91. The molecule has 0 aromatic heterocycles. The van der Waals surface area contributed by atoms with Gasteiger partial charge in [0.1, 0.15) is 0 Å². The first kappa shape index (κ1) is 13.5. The fourth-order valence-electron chi connectivity index (χ4n) is 1.05. The Bertz CT molecular complexity index is 482. The van der Waals surface area contributed by atoms with Crippen molar-refractivity contribution in [3.8, 4) is 0 Å². The van der Waals surface area contributed by atoms with Crippen LogP contribution in [0.1, 0.15) is 19.8 Å². The number of sulfonamides is 1. The Morgan fingerprint density at radius 3 is 2.47 bits per heavy atom. The van der Waals surface area contributed by atoms with Crippen LogP contribution in [0, 0.1) is 0 Å². The van der Waals surface area contributed by atoms with Crippen LogP contribution in [-0.2, 0) is 19.7 Å². The molecule has 0 saturated carbocycles. The molecule has 0 heterocycles. The molecule has 0 radical (unpaired) electrons. The summed E-state index contributed by atoms with van der Waals surface area (Å²) in [6.45, 7) is 1.79. The zero-order valence-corrected chi connectivity index (χ0v) is 10.2. The topological polar surface area (TPSA) is 98.5 Å². The molecule has 0 aliphatic carbocycles. The summed E-state index contributed by atoms with van der Waals surface area (Å²) in [5, 5.41) is 0. The summed E-state index contributed by atoms with van der Waals surface area (Å²) in [5.41, 5.74) is 5.88. The molecule has 0 aliphatic heterocycles. The maximum Gasteiger partial charge on any atom is 0.326 e. The number of nitrogens with two attached hydrogens (primary N) is 1. The number of hydrogen-bond donors (Lipinski definition) is 2. The molecule has 1 rings (SSSR count). The summed E-state index contributed by atoms with van der Waals surface area (Å²) in [6, 6.07) is 5.54. The molecule has 7 heteroatoms. The SMILES string of the molecule is CCCC(=O)ONS(=O)(=O)c1ccc(N)cc1. The highest BCUT2D eigenvalue weighted by atomic mass is 32.2. The van der Waals surface area contributed by atoms with Gasteiger partial charge < -0.3 is 10.6 Å². The van der Waals surface area contributed by atoms with Crippen molar-refractivity contribution in [1.82, 2.24) is 4.89 Å². The molecule has 3 N–H and O–H groups in total. The zero-order valence-electron chi connectivity index (χ0n) is 9.34. The largest absolute Gasteiger partial charge is 0.399 e. The molecule has 0 saturated heterocycles. The quantitative estimate of drug-likeness (QED) is 0.601. The molecule has 0 spiro atoms. The number of benzene rings is 1. The van der Waals surface area contributed by atoms with E-state index in [0.717, 1.165) is 0 Å². The van der Waals surface area contributed by atoms with Gasteiger partial charge in [-0.05, 0) is 35.6 Å². The van der Waals surface area contributed by atoms with E-state index in [-0.39, 0.29) is 11.3 Å². The van der Waals surface area contributed by atoms with Crippen LogP contribution >= 0.6 is 0 Å². The Morgan fingerprint density at radius 1 is 1.35 bits per heavy atom. The number of carbonyl (C=O) groups is 1. The molecular weight excluding hydrogens is 244 g/mol. The van der Waals surface area contributed by atoms with Crippen LogP contribution in [0.3, 0.4) is 0 Å². The summed E-state index contributed by atoms with van der Waals surface area (Å²) < 4.78 is 23.2. The molecule has 94 valence electrons. The molecule has 1 aromatic carbocycles. The third-order valence-corrected chi connectivity index (χ3v) is 3.11. The van der Waals surface area contributed by atoms with Gasteiger partial charge in [-0.25, -0.2) is 8.42 Å². The van der Waals surface area contributed by atoms with Crippen molar-refractivity contribution >= 4 is 21.7 Å². The van der Waals surface area contributed by atoms with Gasteiger partial charge in [0.05, 0.1) is 4.90 Å². The second-order valence-electron chi connectivity index (χ2n) is 3.38. The summed E-state index contributed by atoms with van der Waals surface area (Å²) in [5.74, 6) is -0.619. The minimum atomic E-state index is -3.84. The molecular formula is C10H14N2O4S. The lowest BCUT2D eigenvalue weighted by molar-refractivity contribution is -0.147. The van der Waals surface area contributed by atoms with Crippen molar-refractivity contribution in [1.29, 1.82) is 0 Å². The molecule has 0 aliphatic rings. The van der Waals surface area contributed by atoms with Crippen molar-refractivity contribution in [2.45, 2.75) is 24.7 Å². The van der Waals surface area contributed by atoms with E-state index in [1.54, 1.807) is 11.8 Å². The van der Waals surface area contributed by atoms with Crippen molar-refractivity contribution in [3.05, 3.63) is 24.3 Å². The Morgan fingerprint density at radius 2 is 1.94 bits per heavy atom. The van der Waals surface area contributed by atoms with Gasteiger partial charge in [0.2, 0.25) is 0 Å². The van der Waals surface area contributed by atoms with E-state index in [9.17, 15) is 13.2 Å². The van der Waals surface area contributed by atoms with Crippen LogP contribution in [0.25, 0.3) is 0 Å². The number of anilines is 1. The van der Waals surface area contributed by atoms with E-state index in [1.807, 2.05) is 0 Å². The molecule has 0 fully saturated rings. The summed E-state index contributed by atoms with van der Waals surface area (Å²) >= 11 is 0. The van der Waals surface area contributed by atoms with E-state index in [2.05, 4.69) is 4.84 Å². The molecule has 0 bridgehead atoms. The smallest absolute Gasteiger partial charge is 0.326 e. The highest BCUT2D eigenvalue weighted by molar-refractivity contribution is 7.89. The maximum atomic E-state index is 11.6. The average Bonchev–Trinajstić information content (AvgIpc) is 2.28. The normalized spacial score (nSPS) is 11.1. The molecule has 0 amide bonds. The van der Waals surface area contributed by atoms with Gasteiger partial charge >= 0.3 is 5.97 Å². The third kappa shape index (κ3) is 4.04. The van der Waals surface area contributed by atoms with E-state index in [0.29, 0.717) is 12.1 Å². The Hall–Kier alpha value is -1.60. The molecule has 0 unspecified atom stereocenters. The first-order chi connectivity index (χ1) is 7.95. The lowest BCUT2D eigenvalue weighted by Gasteiger charge is -2.06. The van der Waals surface area contributed by atoms with E-state index < -0.39 is 16.0 Å². The summed E-state index contributed by atoms with van der Waals surface area (Å²) in [6.07, 6.45) is 0.743. The number of carbonyl (C=O) groups excluding carboxylic acids is 1. The number of hydrogen-bond acceptors (Lipinski definition) is 5. The Kier molecular flexibility index (Phi) is 4.47. The average molecular weight is 258 g/mol. The van der Waals surface area contributed by atoms with Crippen LogP contribution < -0.4 is 10.6 Å². The van der Waals surface area contributed by atoms with Crippen LogP contribution in [-0.4, -0.2) is 14.4 Å². The lowest BCUT2D eigenvalue weighted by Crippen LogP contribution is -2.27. The number of nitrogen functional groups attached to an aromatic ring is 1. The van der Waals surface area contributed by atoms with Crippen LogP contribution in [0.4, 0.5) is 5.69 Å². The number of nitrogens with one attached hydrogen (secondary N) is 1. The van der Waals surface area contributed by atoms with Crippen molar-refractivity contribution in [3.63, 3.8) is 0 Å². The molecule has 0 atom stereocenters. The Balaban J connectivity index is 2.69. The van der Waals surface area contributed by atoms with Gasteiger partial charge in [-0.3, -0.25) is 4.79 Å². The van der Waals surface area contributed by atoms with Gasteiger partial charge in [0, 0.05) is 12.1 Å². The number of rotatable bonds is 5. The van der Waals surface area contributed by atoms with Gasteiger partial charge in [-0.1, -0.05) is 6.92 Å². The van der Waals surface area contributed by atoms with E-state index in [1.165, 1.54) is 24.3 Å². The first-order valence-electron chi connectivity index (χ1n) is 5.02. The highest BCUT2D eigenvalue weighted by Crippen LogP contribution is 2.11. The summed E-state index contributed by atoms with van der Waals surface area (Å²) in [7, 11) is -3.84. The van der Waals surface area contributed by atoms with Crippen molar-refractivity contribution in [2.24, 2.45) is 0 Å². The van der Waals surface area contributed by atoms with Crippen LogP contribution in [0.15, 0.2) is 29.2 Å². The lowest BCUT2D eigenvalue weighted by atomic mass is 10.3. The van der Waals surface area contributed by atoms with Gasteiger partial charge in [0.25, 0.3) is 10.0 Å². The summed E-state index contributed by atoms with van der Waals surface area (Å²) in [4.78, 5) is 17.2. The van der Waals surface area contributed by atoms with E-state index >= 15 is 0 Å². The van der Waals surface area contributed by atoms with Crippen LogP contribution in [0.2, 0.25) is 0 Å². The predicted octanol–water partition coefficient (Wildman–Crippen LogP) is 0.805. The molecule has 17 heavy (non-hydrogen) atoms. The van der Waals surface area contributed by atoms with Crippen LogP contribution in [0.5, 0.6) is 0 Å². The Labute approximate surface area is 99.8 Å². The van der Waals surface area contributed by atoms with Gasteiger partial charge in [-0.15, -0.1) is 0 Å². The van der Waals surface area contributed by atoms with Gasteiger partial charge in [-0.2, -0.15) is 0 Å². The van der Waals surface area contributed by atoms with Gasteiger partial charge in [0.15, 0.2) is 0 Å². The fourth-order valence-corrected chi connectivity index (χ4v) is 1.84. The standard InChI is InChI=1S/C10H14N2O4S/c1-2-3-10(13)16-12-17(14,15)9-6-4-8(11)5-7-9/h4-7,12H,2-3,11H2,1H3. The van der Waals surface area contributed by atoms with E-state index in [4.69, 9.17) is 5.73 Å². The maximum absolute atomic E-state index is 11.6. The fraction of sp³-hybridized carbons (Fsp3) is 0.300. The minimum absolute atomic E-state index is 0.0176. The second-order valence-corrected chi connectivity index (χ2v) is 5.02. The monoisotopic (exact) mass is 258 g/mol. The van der Waals surface area contributed by atoms with Crippen molar-refractivity contribution in [2.75, 3.05) is 5.73 Å². The second kappa shape index (κ2) is 5.65. The van der Waals surface area contributed by atoms with Crippen molar-refractivity contribution < 1.29 is 18.0 Å². The minimum Gasteiger partial charge on any atom is -0.399 e. The predicted molar refractivity (Wildman–Crippen MR) is 62.2 cm³/mol. The molecule has 6 nitrogen and oxygen atoms in total. The highest BCUT2D eigenvalue weighted by Gasteiger charge is 2.15. The molecule has 1 aromatic rings. The first-order valence-corrected chi connectivity index (χ1v) is 6.51.